The fraction of sp³-hybridized carbons (Fsp3) is 0.316. The van der Waals surface area contributed by atoms with E-state index in [0.717, 1.165) is 16.3 Å². The molecule has 1 N–H and O–H groups in total. The van der Waals surface area contributed by atoms with Gasteiger partial charge in [0.2, 0.25) is 5.91 Å². The molecule has 0 saturated carbocycles. The molecule has 2 aromatic carbocycles. The topological polar surface area (TPSA) is 47.6 Å². The number of amides is 1. The Labute approximate surface area is 146 Å². The lowest BCUT2D eigenvalue weighted by molar-refractivity contribution is -0.115. The second kappa shape index (κ2) is 7.18. The van der Waals surface area contributed by atoms with Crippen molar-refractivity contribution in [3.8, 4) is 11.5 Å². The summed E-state index contributed by atoms with van der Waals surface area (Å²) in [7, 11) is 0. The molecular formula is C19H21NO3S. The number of hydrogen-bond donors (Lipinski definition) is 1. The highest BCUT2D eigenvalue weighted by Gasteiger charge is 2.17. The summed E-state index contributed by atoms with van der Waals surface area (Å²) in [5.41, 5.74) is 3.21. The largest absolute Gasteiger partial charge is 0.486 e. The Morgan fingerprint density at radius 3 is 2.54 bits per heavy atom. The molecule has 0 aromatic heterocycles. The lowest BCUT2D eigenvalue weighted by Crippen LogP contribution is -2.22. The van der Waals surface area contributed by atoms with Gasteiger partial charge in [-0.05, 0) is 56.2 Å². The number of rotatable bonds is 4. The van der Waals surface area contributed by atoms with Gasteiger partial charge in [0.1, 0.15) is 13.2 Å². The maximum atomic E-state index is 12.4. The fourth-order valence-corrected chi connectivity index (χ4v) is 3.38. The molecule has 1 heterocycles. The van der Waals surface area contributed by atoms with Crippen LogP contribution >= 0.6 is 11.8 Å². The van der Waals surface area contributed by atoms with E-state index in [9.17, 15) is 4.79 Å². The number of hydrogen-bond acceptors (Lipinski definition) is 4. The molecule has 1 unspecified atom stereocenters. The van der Waals surface area contributed by atoms with Gasteiger partial charge in [-0.1, -0.05) is 6.07 Å². The first-order valence-electron chi connectivity index (χ1n) is 7.97. The molecule has 4 nitrogen and oxygen atoms in total. The minimum absolute atomic E-state index is 0.0325. The van der Waals surface area contributed by atoms with Crippen LogP contribution in [0.2, 0.25) is 0 Å². The monoisotopic (exact) mass is 343 g/mol. The second-order valence-electron chi connectivity index (χ2n) is 5.85. The molecule has 5 heteroatoms. The number of fused-ring (bicyclic) bond motifs is 1. The van der Waals surface area contributed by atoms with Crippen LogP contribution in [-0.2, 0) is 4.79 Å². The zero-order valence-corrected chi connectivity index (χ0v) is 14.9. The van der Waals surface area contributed by atoms with Crippen molar-refractivity contribution in [1.82, 2.24) is 0 Å². The first-order valence-corrected chi connectivity index (χ1v) is 8.85. The molecule has 1 aliphatic heterocycles. The van der Waals surface area contributed by atoms with Crippen molar-refractivity contribution in [2.24, 2.45) is 0 Å². The van der Waals surface area contributed by atoms with E-state index < -0.39 is 0 Å². The zero-order valence-electron chi connectivity index (χ0n) is 14.1. The Morgan fingerprint density at radius 1 is 1.04 bits per heavy atom. The van der Waals surface area contributed by atoms with Crippen LogP contribution in [0.5, 0.6) is 11.5 Å². The van der Waals surface area contributed by atoms with Gasteiger partial charge in [0.05, 0.1) is 5.25 Å². The maximum Gasteiger partial charge on any atom is 0.237 e. The number of anilines is 1. The van der Waals surface area contributed by atoms with Crippen LogP contribution in [0.1, 0.15) is 18.1 Å². The fourth-order valence-electron chi connectivity index (χ4n) is 2.41. The summed E-state index contributed by atoms with van der Waals surface area (Å²) in [6.07, 6.45) is 0. The number of carbonyl (C=O) groups excluding carboxylic acids is 1. The van der Waals surface area contributed by atoms with E-state index in [1.54, 1.807) is 17.8 Å². The molecule has 1 aliphatic rings. The Hall–Kier alpha value is -2.14. The van der Waals surface area contributed by atoms with Gasteiger partial charge in [0.25, 0.3) is 0 Å². The number of ether oxygens (including phenoxy) is 2. The van der Waals surface area contributed by atoms with Crippen LogP contribution in [0, 0.1) is 13.8 Å². The van der Waals surface area contributed by atoms with Crippen LogP contribution in [0.15, 0.2) is 41.3 Å². The number of carbonyl (C=O) groups is 1. The minimum atomic E-state index is -0.194. The molecule has 0 radical (unpaired) electrons. The van der Waals surface area contributed by atoms with Gasteiger partial charge in [-0.15, -0.1) is 11.8 Å². The highest BCUT2D eigenvalue weighted by atomic mass is 32.2. The Kier molecular flexibility index (Phi) is 5.00. The van der Waals surface area contributed by atoms with Crippen LogP contribution in [0.4, 0.5) is 5.69 Å². The van der Waals surface area contributed by atoms with Crippen LogP contribution < -0.4 is 14.8 Å². The Morgan fingerprint density at radius 2 is 1.79 bits per heavy atom. The molecule has 0 aliphatic carbocycles. The van der Waals surface area contributed by atoms with Crippen molar-refractivity contribution >= 4 is 23.4 Å². The molecule has 0 saturated heterocycles. The average Bonchev–Trinajstić information content (AvgIpc) is 2.58. The quantitative estimate of drug-likeness (QED) is 0.846. The highest BCUT2D eigenvalue weighted by molar-refractivity contribution is 8.00. The molecule has 24 heavy (non-hydrogen) atoms. The van der Waals surface area contributed by atoms with Crippen LogP contribution in [0.25, 0.3) is 0 Å². The van der Waals surface area contributed by atoms with Crippen LogP contribution in [-0.4, -0.2) is 24.4 Å². The summed E-state index contributed by atoms with van der Waals surface area (Å²) < 4.78 is 11.0. The van der Waals surface area contributed by atoms with E-state index in [4.69, 9.17) is 9.47 Å². The molecule has 1 atom stereocenters. The van der Waals surface area contributed by atoms with E-state index in [-0.39, 0.29) is 11.2 Å². The molecule has 0 spiro atoms. The lowest BCUT2D eigenvalue weighted by Gasteiger charge is -2.19. The van der Waals surface area contributed by atoms with E-state index in [2.05, 4.69) is 37.4 Å². The number of thioether (sulfide) groups is 1. The molecule has 2 aromatic rings. The van der Waals surface area contributed by atoms with E-state index >= 15 is 0 Å². The number of benzene rings is 2. The summed E-state index contributed by atoms with van der Waals surface area (Å²) >= 11 is 1.55. The standard InChI is InChI=1S/C19H21NO3S/c1-12-4-6-16(10-13(12)2)24-14(3)19(21)20-15-5-7-17-18(11-15)23-9-8-22-17/h4-7,10-11,14H,8-9H2,1-3H3,(H,20,21). The van der Waals surface area contributed by atoms with Crippen molar-refractivity contribution in [2.75, 3.05) is 18.5 Å². The predicted octanol–water partition coefficient (Wildman–Crippen LogP) is 4.19. The smallest absolute Gasteiger partial charge is 0.237 e. The van der Waals surface area contributed by atoms with Crippen molar-refractivity contribution in [1.29, 1.82) is 0 Å². The van der Waals surface area contributed by atoms with Gasteiger partial charge in [-0.25, -0.2) is 0 Å². The van der Waals surface area contributed by atoms with Crippen molar-refractivity contribution in [3.63, 3.8) is 0 Å². The van der Waals surface area contributed by atoms with Crippen molar-refractivity contribution in [3.05, 3.63) is 47.5 Å². The summed E-state index contributed by atoms with van der Waals surface area (Å²) in [4.78, 5) is 13.5. The predicted molar refractivity (Wildman–Crippen MR) is 97.3 cm³/mol. The third-order valence-electron chi connectivity index (χ3n) is 3.97. The third-order valence-corrected chi connectivity index (χ3v) is 5.06. The average molecular weight is 343 g/mol. The molecule has 0 bridgehead atoms. The SMILES string of the molecule is Cc1ccc(SC(C)C(=O)Nc2ccc3c(c2)OCCO3)cc1C. The molecular weight excluding hydrogens is 322 g/mol. The highest BCUT2D eigenvalue weighted by Crippen LogP contribution is 2.33. The lowest BCUT2D eigenvalue weighted by atomic mass is 10.1. The summed E-state index contributed by atoms with van der Waals surface area (Å²) in [6.45, 7) is 7.17. The third kappa shape index (κ3) is 3.85. The van der Waals surface area contributed by atoms with Gasteiger partial charge >= 0.3 is 0 Å². The van der Waals surface area contributed by atoms with Gasteiger partial charge in [0.15, 0.2) is 11.5 Å². The first kappa shape index (κ1) is 16.7. The van der Waals surface area contributed by atoms with E-state index in [0.29, 0.717) is 19.0 Å². The Balaban J connectivity index is 1.64. The van der Waals surface area contributed by atoms with Crippen molar-refractivity contribution in [2.45, 2.75) is 30.9 Å². The number of nitrogens with one attached hydrogen (secondary N) is 1. The molecule has 0 fully saturated rings. The molecule has 1 amide bonds. The van der Waals surface area contributed by atoms with Gasteiger partial charge in [-0.3, -0.25) is 4.79 Å². The second-order valence-corrected chi connectivity index (χ2v) is 7.27. The van der Waals surface area contributed by atoms with Crippen LogP contribution in [0.3, 0.4) is 0 Å². The molecule has 3 rings (SSSR count). The Bertz CT molecular complexity index is 760. The van der Waals surface area contributed by atoms with Crippen molar-refractivity contribution < 1.29 is 14.3 Å². The van der Waals surface area contributed by atoms with Gasteiger partial charge in [0, 0.05) is 16.6 Å². The summed E-state index contributed by atoms with van der Waals surface area (Å²) in [6, 6.07) is 11.7. The molecule has 126 valence electrons. The van der Waals surface area contributed by atoms with Gasteiger partial charge < -0.3 is 14.8 Å². The van der Waals surface area contributed by atoms with Gasteiger partial charge in [-0.2, -0.15) is 0 Å². The van der Waals surface area contributed by atoms with E-state index in [1.807, 2.05) is 19.1 Å². The summed E-state index contributed by atoms with van der Waals surface area (Å²) in [5, 5.41) is 2.75. The number of aryl methyl sites for hydroxylation is 2. The maximum absolute atomic E-state index is 12.4. The van der Waals surface area contributed by atoms with E-state index in [1.165, 1.54) is 11.1 Å². The minimum Gasteiger partial charge on any atom is -0.486 e. The summed E-state index contributed by atoms with van der Waals surface area (Å²) in [5.74, 6) is 1.36. The normalized spacial score (nSPS) is 14.1. The zero-order chi connectivity index (χ0) is 17.1. The first-order chi connectivity index (χ1) is 11.5.